The van der Waals surface area contributed by atoms with Crippen molar-refractivity contribution in [3.05, 3.63) is 28.8 Å². The number of benzene rings is 1. The van der Waals surface area contributed by atoms with Gasteiger partial charge in [0.1, 0.15) is 5.75 Å². The highest BCUT2D eigenvalue weighted by Gasteiger charge is 2.07. The molecular weight excluding hydrogens is 226 g/mol. The van der Waals surface area contributed by atoms with E-state index in [4.69, 9.17) is 21.4 Å². The van der Waals surface area contributed by atoms with Crippen LogP contribution in [0.5, 0.6) is 5.75 Å². The van der Waals surface area contributed by atoms with Crippen LogP contribution in [-0.4, -0.2) is 25.4 Å². The fourth-order valence-corrected chi connectivity index (χ4v) is 1.68. The Labute approximate surface area is 101 Å². The van der Waals surface area contributed by atoms with E-state index < -0.39 is 0 Å². The zero-order valence-corrected chi connectivity index (χ0v) is 10.3. The predicted molar refractivity (Wildman–Crippen MR) is 66.0 cm³/mol. The van der Waals surface area contributed by atoms with Crippen molar-refractivity contribution < 1.29 is 9.84 Å². The topological polar surface area (TPSA) is 41.5 Å². The molecule has 0 fully saturated rings. The molecule has 0 saturated heterocycles. The highest BCUT2D eigenvalue weighted by molar-refractivity contribution is 6.32. The molecule has 0 heterocycles. The summed E-state index contributed by atoms with van der Waals surface area (Å²) in [5, 5.41) is 12.4. The normalized spacial score (nSPS) is 10.4. The van der Waals surface area contributed by atoms with Gasteiger partial charge in [-0.2, -0.15) is 0 Å². The summed E-state index contributed by atoms with van der Waals surface area (Å²) >= 11 is 6.08. The Kier molecular flexibility index (Phi) is 6.23. The van der Waals surface area contributed by atoms with Crippen LogP contribution in [0.15, 0.2) is 18.2 Å². The number of hydrogen-bond donors (Lipinski definition) is 2. The third-order valence-electron chi connectivity index (χ3n) is 2.21. The van der Waals surface area contributed by atoms with Crippen LogP contribution in [0.1, 0.15) is 18.4 Å². The van der Waals surface area contributed by atoms with E-state index in [1.54, 1.807) is 0 Å². The van der Waals surface area contributed by atoms with Crippen molar-refractivity contribution in [2.45, 2.75) is 19.4 Å². The first-order valence-corrected chi connectivity index (χ1v) is 5.83. The maximum absolute atomic E-state index is 8.67. The Morgan fingerprint density at radius 3 is 2.88 bits per heavy atom. The lowest BCUT2D eigenvalue weighted by atomic mass is 10.2. The number of para-hydroxylation sites is 1. The van der Waals surface area contributed by atoms with Crippen LogP contribution in [0.4, 0.5) is 0 Å². The van der Waals surface area contributed by atoms with Crippen LogP contribution in [0.3, 0.4) is 0 Å². The SMILES string of the molecule is CNCc1cccc(Cl)c1OCCCCO. The number of rotatable bonds is 7. The maximum Gasteiger partial charge on any atom is 0.142 e. The van der Waals surface area contributed by atoms with Gasteiger partial charge in [0.25, 0.3) is 0 Å². The van der Waals surface area contributed by atoms with Gasteiger partial charge in [-0.05, 0) is 26.0 Å². The van der Waals surface area contributed by atoms with Gasteiger partial charge in [0, 0.05) is 18.7 Å². The molecule has 3 nitrogen and oxygen atoms in total. The van der Waals surface area contributed by atoms with E-state index in [-0.39, 0.29) is 6.61 Å². The summed E-state index contributed by atoms with van der Waals surface area (Å²) in [6.45, 7) is 1.52. The van der Waals surface area contributed by atoms with Crippen LogP contribution in [0.25, 0.3) is 0 Å². The molecule has 2 N–H and O–H groups in total. The zero-order valence-electron chi connectivity index (χ0n) is 9.50. The second-order valence-electron chi connectivity index (χ2n) is 3.54. The molecule has 1 aromatic carbocycles. The number of ether oxygens (including phenoxy) is 1. The summed E-state index contributed by atoms with van der Waals surface area (Å²) < 4.78 is 5.64. The molecule has 1 aromatic rings. The summed E-state index contributed by atoms with van der Waals surface area (Å²) in [7, 11) is 1.89. The fraction of sp³-hybridized carbons (Fsp3) is 0.500. The Bertz CT molecular complexity index is 318. The molecule has 16 heavy (non-hydrogen) atoms. The van der Waals surface area contributed by atoms with Gasteiger partial charge in [0.05, 0.1) is 11.6 Å². The lowest BCUT2D eigenvalue weighted by Gasteiger charge is -2.12. The maximum atomic E-state index is 8.67. The molecule has 0 radical (unpaired) electrons. The van der Waals surface area contributed by atoms with E-state index in [1.165, 1.54) is 0 Å². The molecule has 0 aliphatic heterocycles. The zero-order chi connectivity index (χ0) is 11.8. The molecule has 0 saturated carbocycles. The number of aliphatic hydroxyl groups excluding tert-OH is 1. The van der Waals surface area contributed by atoms with Gasteiger partial charge in [0.2, 0.25) is 0 Å². The Hall–Kier alpha value is -0.770. The van der Waals surface area contributed by atoms with E-state index in [9.17, 15) is 0 Å². The molecule has 0 atom stereocenters. The van der Waals surface area contributed by atoms with Gasteiger partial charge in [-0.1, -0.05) is 23.7 Å². The third-order valence-corrected chi connectivity index (χ3v) is 2.51. The van der Waals surface area contributed by atoms with Crippen molar-refractivity contribution in [3.8, 4) is 5.75 Å². The summed E-state index contributed by atoms with van der Waals surface area (Å²) in [6.07, 6.45) is 1.59. The highest BCUT2D eigenvalue weighted by atomic mass is 35.5. The lowest BCUT2D eigenvalue weighted by molar-refractivity contribution is 0.252. The molecule has 90 valence electrons. The van der Waals surface area contributed by atoms with E-state index in [0.29, 0.717) is 11.6 Å². The number of hydrogen-bond acceptors (Lipinski definition) is 3. The minimum Gasteiger partial charge on any atom is -0.492 e. The first kappa shape index (κ1) is 13.3. The minimum atomic E-state index is 0.204. The van der Waals surface area contributed by atoms with Crippen LogP contribution in [-0.2, 0) is 6.54 Å². The molecule has 0 spiro atoms. The summed E-state index contributed by atoms with van der Waals surface area (Å²) in [5.74, 6) is 0.747. The monoisotopic (exact) mass is 243 g/mol. The van der Waals surface area contributed by atoms with E-state index in [1.807, 2.05) is 25.2 Å². The predicted octanol–water partition coefficient (Wildman–Crippen LogP) is 2.21. The largest absolute Gasteiger partial charge is 0.492 e. The Morgan fingerprint density at radius 2 is 2.19 bits per heavy atom. The van der Waals surface area contributed by atoms with Crippen molar-refractivity contribution in [3.63, 3.8) is 0 Å². The smallest absolute Gasteiger partial charge is 0.142 e. The van der Waals surface area contributed by atoms with E-state index in [2.05, 4.69) is 5.32 Å². The highest BCUT2D eigenvalue weighted by Crippen LogP contribution is 2.28. The molecule has 0 unspecified atom stereocenters. The second-order valence-corrected chi connectivity index (χ2v) is 3.94. The Morgan fingerprint density at radius 1 is 1.38 bits per heavy atom. The molecule has 0 bridgehead atoms. The fourth-order valence-electron chi connectivity index (χ4n) is 1.43. The third kappa shape index (κ3) is 4.00. The van der Waals surface area contributed by atoms with Crippen molar-refractivity contribution in [1.82, 2.24) is 5.32 Å². The summed E-state index contributed by atoms with van der Waals surface area (Å²) in [6, 6.07) is 5.72. The molecule has 0 amide bonds. The average Bonchev–Trinajstić information content (AvgIpc) is 2.28. The van der Waals surface area contributed by atoms with Gasteiger partial charge >= 0.3 is 0 Å². The summed E-state index contributed by atoms with van der Waals surface area (Å²) in [5.41, 5.74) is 1.05. The van der Waals surface area contributed by atoms with Crippen molar-refractivity contribution in [2.24, 2.45) is 0 Å². The van der Waals surface area contributed by atoms with Gasteiger partial charge in [-0.25, -0.2) is 0 Å². The average molecular weight is 244 g/mol. The van der Waals surface area contributed by atoms with Crippen LogP contribution >= 0.6 is 11.6 Å². The van der Waals surface area contributed by atoms with Gasteiger partial charge in [-0.15, -0.1) is 0 Å². The van der Waals surface area contributed by atoms with Crippen LogP contribution < -0.4 is 10.1 Å². The van der Waals surface area contributed by atoms with Crippen molar-refractivity contribution >= 4 is 11.6 Å². The van der Waals surface area contributed by atoms with Crippen LogP contribution in [0.2, 0.25) is 5.02 Å². The van der Waals surface area contributed by atoms with E-state index in [0.717, 1.165) is 30.7 Å². The lowest BCUT2D eigenvalue weighted by Crippen LogP contribution is -2.08. The number of unbranched alkanes of at least 4 members (excludes halogenated alkanes) is 1. The molecule has 0 aromatic heterocycles. The van der Waals surface area contributed by atoms with Crippen LogP contribution in [0, 0.1) is 0 Å². The molecular formula is C12H18ClNO2. The Balaban J connectivity index is 2.61. The number of aliphatic hydroxyl groups is 1. The molecule has 1 rings (SSSR count). The van der Waals surface area contributed by atoms with Gasteiger partial charge in [0.15, 0.2) is 0 Å². The number of halogens is 1. The molecule has 4 heteroatoms. The summed E-state index contributed by atoms with van der Waals surface area (Å²) in [4.78, 5) is 0. The standard InChI is InChI=1S/C12H18ClNO2/c1-14-9-10-5-4-6-11(13)12(10)16-8-3-2-7-15/h4-6,14-15H,2-3,7-9H2,1H3. The number of nitrogens with one attached hydrogen (secondary N) is 1. The quantitative estimate of drug-likeness (QED) is 0.722. The second kappa shape index (κ2) is 7.49. The van der Waals surface area contributed by atoms with Gasteiger partial charge < -0.3 is 15.2 Å². The first-order chi connectivity index (χ1) is 7.79. The first-order valence-electron chi connectivity index (χ1n) is 5.45. The van der Waals surface area contributed by atoms with Gasteiger partial charge in [-0.3, -0.25) is 0 Å². The van der Waals surface area contributed by atoms with Crippen molar-refractivity contribution in [2.75, 3.05) is 20.3 Å². The molecule has 0 aliphatic rings. The van der Waals surface area contributed by atoms with Crippen molar-refractivity contribution in [1.29, 1.82) is 0 Å². The minimum absolute atomic E-state index is 0.204. The van der Waals surface area contributed by atoms with E-state index >= 15 is 0 Å². The molecule has 0 aliphatic carbocycles.